The van der Waals surface area contributed by atoms with Crippen LogP contribution in [0, 0.1) is 0 Å². The van der Waals surface area contributed by atoms with Crippen molar-refractivity contribution in [3.05, 3.63) is 48.5 Å². The molecule has 0 fully saturated rings. The first-order valence-corrected chi connectivity index (χ1v) is 6.62. The summed E-state index contributed by atoms with van der Waals surface area (Å²) in [6, 6.07) is 13.3. The molecule has 0 aliphatic carbocycles. The zero-order valence-corrected chi connectivity index (χ0v) is 11.6. The number of amides is 1. The maximum atomic E-state index is 12.2. The Morgan fingerprint density at radius 2 is 1.65 bits per heavy atom. The summed E-state index contributed by atoms with van der Waals surface area (Å²) in [6.45, 7) is 0. The summed E-state index contributed by atoms with van der Waals surface area (Å²) < 4.78 is 36.5. The normalized spacial score (nSPS) is 11.4. The maximum Gasteiger partial charge on any atom is 0.471 e. The molecule has 8 heteroatoms. The van der Waals surface area contributed by atoms with Gasteiger partial charge in [0.1, 0.15) is 0 Å². The van der Waals surface area contributed by atoms with Gasteiger partial charge in [0.15, 0.2) is 0 Å². The number of para-hydroxylation sites is 2. The third-order valence-corrected chi connectivity index (χ3v) is 3.05. The molecule has 0 aliphatic heterocycles. The molecule has 0 atom stereocenters. The highest BCUT2D eigenvalue weighted by Crippen LogP contribution is 2.22. The van der Waals surface area contributed by atoms with E-state index in [-0.39, 0.29) is 5.69 Å². The first kappa shape index (κ1) is 14.9. The Morgan fingerprint density at radius 1 is 1.00 bits per heavy atom. The fourth-order valence-corrected chi connectivity index (χ4v) is 1.99. The number of rotatable bonds is 3. The zero-order valence-electron chi connectivity index (χ0n) is 11.6. The van der Waals surface area contributed by atoms with E-state index in [9.17, 15) is 18.0 Å². The van der Waals surface area contributed by atoms with Gasteiger partial charge >= 0.3 is 12.1 Å². The average molecular weight is 320 g/mol. The molecule has 118 valence electrons. The van der Waals surface area contributed by atoms with Crippen molar-refractivity contribution >= 4 is 34.3 Å². The number of anilines is 3. The number of fused-ring (bicyclic) bond motifs is 1. The van der Waals surface area contributed by atoms with Gasteiger partial charge in [-0.25, -0.2) is 4.98 Å². The zero-order chi connectivity index (χ0) is 16.4. The van der Waals surface area contributed by atoms with Gasteiger partial charge in [0.05, 0.1) is 11.0 Å². The Balaban J connectivity index is 1.71. The van der Waals surface area contributed by atoms with Gasteiger partial charge in [-0.05, 0) is 36.4 Å². The number of benzene rings is 2. The molecule has 1 aromatic heterocycles. The van der Waals surface area contributed by atoms with Crippen molar-refractivity contribution in [2.45, 2.75) is 6.18 Å². The minimum absolute atomic E-state index is 0.0579. The van der Waals surface area contributed by atoms with Crippen molar-refractivity contribution in [1.82, 2.24) is 9.97 Å². The van der Waals surface area contributed by atoms with Crippen molar-refractivity contribution < 1.29 is 18.0 Å². The Hall–Kier alpha value is -3.03. The molecule has 3 N–H and O–H groups in total. The van der Waals surface area contributed by atoms with Crippen LogP contribution in [-0.4, -0.2) is 22.1 Å². The third-order valence-electron chi connectivity index (χ3n) is 3.05. The number of carbonyl (C=O) groups is 1. The predicted molar refractivity (Wildman–Crippen MR) is 80.5 cm³/mol. The topological polar surface area (TPSA) is 69.8 Å². The summed E-state index contributed by atoms with van der Waals surface area (Å²) in [6.07, 6.45) is -4.91. The summed E-state index contributed by atoms with van der Waals surface area (Å²) in [4.78, 5) is 18.2. The van der Waals surface area contributed by atoms with Crippen LogP contribution in [0.4, 0.5) is 30.5 Å². The number of aromatic amines is 1. The minimum Gasteiger partial charge on any atom is -0.326 e. The summed E-state index contributed by atoms with van der Waals surface area (Å²) in [5, 5.41) is 4.78. The van der Waals surface area contributed by atoms with Gasteiger partial charge in [0.2, 0.25) is 5.95 Å². The van der Waals surface area contributed by atoms with Crippen molar-refractivity contribution in [2.24, 2.45) is 0 Å². The number of halogens is 3. The molecule has 3 rings (SSSR count). The highest BCUT2D eigenvalue weighted by Gasteiger charge is 2.38. The fraction of sp³-hybridized carbons (Fsp3) is 0.0667. The van der Waals surface area contributed by atoms with Crippen LogP contribution in [0.15, 0.2) is 48.5 Å². The summed E-state index contributed by atoms with van der Waals surface area (Å²) in [7, 11) is 0. The summed E-state index contributed by atoms with van der Waals surface area (Å²) >= 11 is 0. The highest BCUT2D eigenvalue weighted by molar-refractivity contribution is 5.95. The molecule has 0 aliphatic rings. The molecule has 0 unspecified atom stereocenters. The lowest BCUT2D eigenvalue weighted by Crippen LogP contribution is -2.29. The van der Waals surface area contributed by atoms with E-state index in [0.29, 0.717) is 11.6 Å². The van der Waals surface area contributed by atoms with Gasteiger partial charge in [-0.15, -0.1) is 0 Å². The smallest absolute Gasteiger partial charge is 0.326 e. The van der Waals surface area contributed by atoms with E-state index in [1.807, 2.05) is 24.3 Å². The number of carbonyl (C=O) groups excluding carboxylic acids is 1. The molecular weight excluding hydrogens is 309 g/mol. The molecule has 0 saturated heterocycles. The van der Waals surface area contributed by atoms with Crippen LogP contribution in [-0.2, 0) is 4.79 Å². The van der Waals surface area contributed by atoms with E-state index >= 15 is 0 Å². The molecule has 3 aromatic rings. The molecule has 1 heterocycles. The second-order valence-electron chi connectivity index (χ2n) is 4.76. The van der Waals surface area contributed by atoms with E-state index < -0.39 is 12.1 Å². The van der Waals surface area contributed by atoms with Crippen LogP contribution in [0.5, 0.6) is 0 Å². The number of alkyl halides is 3. The van der Waals surface area contributed by atoms with Gasteiger partial charge in [-0.2, -0.15) is 13.2 Å². The average Bonchev–Trinajstić information content (AvgIpc) is 2.90. The lowest BCUT2D eigenvalue weighted by Gasteiger charge is -2.08. The van der Waals surface area contributed by atoms with Gasteiger partial charge in [0, 0.05) is 11.4 Å². The standard InChI is InChI=1S/C15H11F3N4O/c16-15(17,18)13(23)19-9-5-7-10(8-6-9)20-14-21-11-3-1-2-4-12(11)22-14/h1-8H,(H,19,23)(H2,20,21,22). The van der Waals surface area contributed by atoms with Crippen LogP contribution >= 0.6 is 0 Å². The van der Waals surface area contributed by atoms with Crippen molar-refractivity contribution in [1.29, 1.82) is 0 Å². The number of imidazole rings is 1. The van der Waals surface area contributed by atoms with Crippen molar-refractivity contribution in [3.8, 4) is 0 Å². The van der Waals surface area contributed by atoms with E-state index in [0.717, 1.165) is 11.0 Å². The first-order valence-electron chi connectivity index (χ1n) is 6.62. The Labute approximate surface area is 128 Å². The third kappa shape index (κ3) is 3.42. The molecule has 1 amide bonds. The summed E-state index contributed by atoms with van der Waals surface area (Å²) in [5.74, 6) is -1.49. The maximum absolute atomic E-state index is 12.2. The van der Waals surface area contributed by atoms with Crippen LogP contribution in [0.25, 0.3) is 11.0 Å². The second-order valence-corrected chi connectivity index (χ2v) is 4.76. The largest absolute Gasteiger partial charge is 0.471 e. The van der Waals surface area contributed by atoms with Gasteiger partial charge in [-0.1, -0.05) is 12.1 Å². The van der Waals surface area contributed by atoms with Gasteiger partial charge in [-0.3, -0.25) is 4.79 Å². The van der Waals surface area contributed by atoms with Crippen LogP contribution in [0.1, 0.15) is 0 Å². The van der Waals surface area contributed by atoms with Gasteiger partial charge < -0.3 is 15.6 Å². The number of nitrogens with one attached hydrogen (secondary N) is 3. The number of H-pyrrole nitrogens is 1. The minimum atomic E-state index is -4.91. The van der Waals surface area contributed by atoms with Crippen LogP contribution in [0.3, 0.4) is 0 Å². The highest BCUT2D eigenvalue weighted by atomic mass is 19.4. The van der Waals surface area contributed by atoms with Crippen LogP contribution < -0.4 is 10.6 Å². The van der Waals surface area contributed by atoms with E-state index in [2.05, 4.69) is 15.3 Å². The lowest BCUT2D eigenvalue weighted by atomic mass is 10.3. The predicted octanol–water partition coefficient (Wildman–Crippen LogP) is 3.81. The SMILES string of the molecule is O=C(Nc1ccc(Nc2nc3ccccc3[nH]2)cc1)C(F)(F)F. The molecule has 0 bridgehead atoms. The number of hydrogen-bond donors (Lipinski definition) is 3. The van der Waals surface area contributed by atoms with Crippen LogP contribution in [0.2, 0.25) is 0 Å². The Kier molecular flexibility index (Phi) is 3.65. The lowest BCUT2D eigenvalue weighted by molar-refractivity contribution is -0.167. The van der Waals surface area contributed by atoms with E-state index in [4.69, 9.17) is 0 Å². The quantitative estimate of drug-likeness (QED) is 0.687. The number of aromatic nitrogens is 2. The van der Waals surface area contributed by atoms with E-state index in [1.165, 1.54) is 12.1 Å². The van der Waals surface area contributed by atoms with E-state index in [1.54, 1.807) is 17.4 Å². The molecule has 0 spiro atoms. The monoisotopic (exact) mass is 320 g/mol. The molecule has 2 aromatic carbocycles. The Morgan fingerprint density at radius 3 is 2.30 bits per heavy atom. The van der Waals surface area contributed by atoms with Crippen molar-refractivity contribution in [2.75, 3.05) is 10.6 Å². The Bertz CT molecular complexity index is 807. The second kappa shape index (κ2) is 5.64. The number of nitrogens with zero attached hydrogens (tertiary/aromatic N) is 1. The molecule has 23 heavy (non-hydrogen) atoms. The van der Waals surface area contributed by atoms with Crippen molar-refractivity contribution in [3.63, 3.8) is 0 Å². The fourth-order valence-electron chi connectivity index (χ4n) is 1.99. The van der Waals surface area contributed by atoms with Gasteiger partial charge in [0.25, 0.3) is 0 Å². The molecule has 0 saturated carbocycles. The number of hydrogen-bond acceptors (Lipinski definition) is 3. The summed E-state index contributed by atoms with van der Waals surface area (Å²) in [5.41, 5.74) is 2.34. The molecule has 5 nitrogen and oxygen atoms in total. The molecule has 0 radical (unpaired) electrons. The molecular formula is C15H11F3N4O. The first-order chi connectivity index (χ1) is 10.9.